The van der Waals surface area contributed by atoms with E-state index in [0.717, 1.165) is 43.3 Å². The predicted octanol–water partition coefficient (Wildman–Crippen LogP) is 3.05. The average molecular weight is 383 g/mol. The summed E-state index contributed by atoms with van der Waals surface area (Å²) in [5.41, 5.74) is 2.23. The molecule has 0 atom stereocenters. The highest BCUT2D eigenvalue weighted by Crippen LogP contribution is 2.20. The molecule has 1 amide bonds. The summed E-state index contributed by atoms with van der Waals surface area (Å²) in [7, 11) is 0. The number of aryl methyl sites for hydroxylation is 1. The van der Waals surface area contributed by atoms with E-state index in [-0.39, 0.29) is 5.91 Å². The first-order valence-corrected chi connectivity index (χ1v) is 10.7. The molecule has 7 heteroatoms. The molecule has 1 saturated heterocycles. The molecule has 2 aliphatic rings. The third-order valence-corrected chi connectivity index (χ3v) is 5.72. The molecular weight excluding hydrogens is 352 g/mol. The number of amides is 1. The van der Waals surface area contributed by atoms with Crippen molar-refractivity contribution in [2.45, 2.75) is 64.2 Å². The molecule has 0 unspecified atom stereocenters. The van der Waals surface area contributed by atoms with Gasteiger partial charge in [-0.1, -0.05) is 11.6 Å². The van der Waals surface area contributed by atoms with Gasteiger partial charge in [-0.25, -0.2) is 0 Å². The fourth-order valence-electron chi connectivity index (χ4n) is 4.08. The lowest BCUT2D eigenvalue weighted by Gasteiger charge is -2.27. The van der Waals surface area contributed by atoms with E-state index < -0.39 is 0 Å². The summed E-state index contributed by atoms with van der Waals surface area (Å²) >= 11 is 0. The van der Waals surface area contributed by atoms with Gasteiger partial charge in [-0.2, -0.15) is 4.52 Å². The van der Waals surface area contributed by atoms with Gasteiger partial charge in [0, 0.05) is 32.5 Å². The van der Waals surface area contributed by atoms with Gasteiger partial charge in [0.2, 0.25) is 5.91 Å². The molecule has 0 bridgehead atoms. The van der Waals surface area contributed by atoms with Gasteiger partial charge in [0.05, 0.1) is 0 Å². The van der Waals surface area contributed by atoms with Crippen LogP contribution in [-0.2, 0) is 11.2 Å². The van der Waals surface area contributed by atoms with Gasteiger partial charge >= 0.3 is 0 Å². The van der Waals surface area contributed by atoms with Crippen LogP contribution in [0, 0.1) is 0 Å². The van der Waals surface area contributed by atoms with Crippen LogP contribution in [0.3, 0.4) is 0 Å². The Morgan fingerprint density at radius 1 is 1.04 bits per heavy atom. The van der Waals surface area contributed by atoms with E-state index >= 15 is 0 Å². The van der Waals surface area contributed by atoms with Crippen LogP contribution in [0.1, 0.15) is 63.6 Å². The van der Waals surface area contributed by atoms with Crippen molar-refractivity contribution in [3.8, 4) is 0 Å². The Kier molecular flexibility index (Phi) is 6.19. The Labute approximate surface area is 166 Å². The number of hydrogen-bond donors (Lipinski definition) is 1. The number of piperidine rings is 1. The van der Waals surface area contributed by atoms with E-state index in [4.69, 9.17) is 5.10 Å². The Bertz CT molecular complexity index is 837. The first-order valence-electron chi connectivity index (χ1n) is 10.7. The zero-order valence-corrected chi connectivity index (χ0v) is 16.6. The molecule has 4 rings (SSSR count). The number of allylic oxidation sites excluding steroid dienone is 1. The molecule has 2 aromatic rings. The maximum absolute atomic E-state index is 12.2. The molecule has 3 heterocycles. The quantitative estimate of drug-likeness (QED) is 0.745. The number of carbonyl (C=O) groups is 1. The van der Waals surface area contributed by atoms with Crippen molar-refractivity contribution < 1.29 is 4.79 Å². The van der Waals surface area contributed by atoms with Crippen LogP contribution in [0.2, 0.25) is 0 Å². The largest absolute Gasteiger partial charge is 0.356 e. The SMILES string of the molecule is O=C(CCc1nnc2ccc(N3CCCCC3)nn12)NCCC1=CCCCC1. The molecule has 150 valence electrons. The third-order valence-electron chi connectivity index (χ3n) is 5.72. The van der Waals surface area contributed by atoms with Crippen molar-refractivity contribution in [3.05, 3.63) is 29.6 Å². The van der Waals surface area contributed by atoms with Gasteiger partial charge in [-0.05, 0) is 63.5 Å². The van der Waals surface area contributed by atoms with Gasteiger partial charge in [0.1, 0.15) is 5.82 Å². The Morgan fingerprint density at radius 2 is 1.93 bits per heavy atom. The maximum Gasteiger partial charge on any atom is 0.220 e. The number of anilines is 1. The number of nitrogens with zero attached hydrogens (tertiary/aromatic N) is 5. The van der Waals surface area contributed by atoms with E-state index in [1.165, 1.54) is 50.5 Å². The summed E-state index contributed by atoms with van der Waals surface area (Å²) in [5, 5.41) is 16.2. The molecule has 2 aromatic heterocycles. The van der Waals surface area contributed by atoms with E-state index in [1.807, 2.05) is 12.1 Å². The first kappa shape index (κ1) is 18.9. The second-order valence-electron chi connectivity index (χ2n) is 7.83. The molecule has 1 N–H and O–H groups in total. The fourth-order valence-corrected chi connectivity index (χ4v) is 4.08. The lowest BCUT2D eigenvalue weighted by Crippen LogP contribution is -2.30. The van der Waals surface area contributed by atoms with Crippen molar-refractivity contribution >= 4 is 17.4 Å². The summed E-state index contributed by atoms with van der Waals surface area (Å²) in [4.78, 5) is 14.5. The smallest absolute Gasteiger partial charge is 0.220 e. The highest BCUT2D eigenvalue weighted by atomic mass is 16.1. The molecule has 0 radical (unpaired) electrons. The van der Waals surface area contributed by atoms with Crippen LogP contribution < -0.4 is 10.2 Å². The zero-order chi connectivity index (χ0) is 19.2. The molecule has 1 fully saturated rings. The number of aromatic nitrogens is 4. The molecule has 0 saturated carbocycles. The van der Waals surface area contributed by atoms with Crippen LogP contribution in [-0.4, -0.2) is 45.4 Å². The van der Waals surface area contributed by atoms with Crippen molar-refractivity contribution in [1.82, 2.24) is 25.1 Å². The summed E-state index contributed by atoms with van der Waals surface area (Å²) in [5.74, 6) is 1.79. The minimum Gasteiger partial charge on any atom is -0.356 e. The van der Waals surface area contributed by atoms with Crippen LogP contribution in [0.15, 0.2) is 23.8 Å². The molecule has 1 aliphatic heterocycles. The van der Waals surface area contributed by atoms with Crippen molar-refractivity contribution in [3.63, 3.8) is 0 Å². The Balaban J connectivity index is 1.31. The van der Waals surface area contributed by atoms with Crippen LogP contribution in [0.5, 0.6) is 0 Å². The zero-order valence-electron chi connectivity index (χ0n) is 16.6. The van der Waals surface area contributed by atoms with Gasteiger partial charge in [-0.3, -0.25) is 4.79 Å². The number of carbonyl (C=O) groups excluding carboxylic acids is 1. The van der Waals surface area contributed by atoms with Crippen molar-refractivity contribution in [2.24, 2.45) is 0 Å². The number of hydrogen-bond acceptors (Lipinski definition) is 5. The van der Waals surface area contributed by atoms with E-state index in [2.05, 4.69) is 26.5 Å². The summed E-state index contributed by atoms with van der Waals surface area (Å²) in [6.45, 7) is 2.83. The Hall–Kier alpha value is -2.44. The van der Waals surface area contributed by atoms with Crippen LogP contribution in [0.4, 0.5) is 5.82 Å². The molecular formula is C21H30N6O. The summed E-state index contributed by atoms with van der Waals surface area (Å²) in [6.07, 6.45) is 13.0. The topological polar surface area (TPSA) is 75.4 Å². The number of rotatable bonds is 7. The summed E-state index contributed by atoms with van der Waals surface area (Å²) in [6, 6.07) is 3.98. The minimum atomic E-state index is 0.0698. The van der Waals surface area contributed by atoms with Gasteiger partial charge in [0.15, 0.2) is 11.5 Å². The number of nitrogens with one attached hydrogen (secondary N) is 1. The van der Waals surface area contributed by atoms with E-state index in [9.17, 15) is 4.79 Å². The molecule has 0 spiro atoms. The van der Waals surface area contributed by atoms with Crippen molar-refractivity contribution in [1.29, 1.82) is 0 Å². The van der Waals surface area contributed by atoms with Gasteiger partial charge < -0.3 is 10.2 Å². The molecule has 0 aromatic carbocycles. The van der Waals surface area contributed by atoms with Crippen LogP contribution >= 0.6 is 0 Å². The average Bonchev–Trinajstić information content (AvgIpc) is 3.16. The Morgan fingerprint density at radius 3 is 2.75 bits per heavy atom. The molecule has 28 heavy (non-hydrogen) atoms. The third kappa shape index (κ3) is 4.69. The van der Waals surface area contributed by atoms with Crippen molar-refractivity contribution in [2.75, 3.05) is 24.5 Å². The second-order valence-corrected chi connectivity index (χ2v) is 7.83. The maximum atomic E-state index is 12.2. The normalized spacial score (nSPS) is 17.6. The van der Waals surface area contributed by atoms with E-state index in [1.54, 1.807) is 4.52 Å². The minimum absolute atomic E-state index is 0.0698. The van der Waals surface area contributed by atoms with E-state index in [0.29, 0.717) is 12.8 Å². The van der Waals surface area contributed by atoms with Crippen LogP contribution in [0.25, 0.3) is 5.65 Å². The first-order chi connectivity index (χ1) is 13.8. The van der Waals surface area contributed by atoms with Gasteiger partial charge in [0.25, 0.3) is 0 Å². The lowest BCUT2D eigenvalue weighted by atomic mass is 9.97. The highest BCUT2D eigenvalue weighted by Gasteiger charge is 2.15. The lowest BCUT2D eigenvalue weighted by molar-refractivity contribution is -0.121. The highest BCUT2D eigenvalue weighted by molar-refractivity contribution is 5.76. The number of fused-ring (bicyclic) bond motifs is 1. The summed E-state index contributed by atoms with van der Waals surface area (Å²) < 4.78 is 1.80. The second kappa shape index (κ2) is 9.17. The standard InChI is InChI=1S/C21H30N6O/c28-21(22-14-13-17-7-3-1-4-8-17)12-11-19-24-23-18-9-10-20(25-27(18)19)26-15-5-2-6-16-26/h7,9-10H,1-6,8,11-16H2,(H,22,28). The monoisotopic (exact) mass is 382 g/mol. The molecule has 7 nitrogen and oxygen atoms in total. The molecule has 1 aliphatic carbocycles. The predicted molar refractivity (Wildman–Crippen MR) is 109 cm³/mol. The van der Waals surface area contributed by atoms with Gasteiger partial charge in [-0.15, -0.1) is 15.3 Å². The fraction of sp³-hybridized carbons (Fsp3) is 0.619.